The molecule has 0 aliphatic carbocycles. The third-order valence-electron chi connectivity index (χ3n) is 6.44. The van der Waals surface area contributed by atoms with Crippen LogP contribution in [0.5, 0.6) is 0 Å². The SMILES string of the molecule is CCCCNC(=O)C(C)N(Cc1ccccc1)C(=O)CN(c1ccc(C)cc1)S(=O)(=O)c1ccc(SC)cc1. The second-order valence-electron chi connectivity index (χ2n) is 9.35. The Kier molecular flexibility index (Phi) is 11.0. The number of aryl methyl sites for hydroxylation is 1. The van der Waals surface area contributed by atoms with E-state index in [1.54, 1.807) is 43.3 Å². The first-order valence-electron chi connectivity index (χ1n) is 13.0. The van der Waals surface area contributed by atoms with Crippen molar-refractivity contribution in [3.63, 3.8) is 0 Å². The highest BCUT2D eigenvalue weighted by Gasteiger charge is 2.32. The van der Waals surface area contributed by atoms with Gasteiger partial charge in [0.2, 0.25) is 11.8 Å². The predicted octanol–water partition coefficient (Wildman–Crippen LogP) is 5.25. The zero-order valence-electron chi connectivity index (χ0n) is 23.0. The zero-order chi connectivity index (χ0) is 28.4. The molecule has 0 heterocycles. The molecule has 0 saturated carbocycles. The quantitative estimate of drug-likeness (QED) is 0.225. The van der Waals surface area contributed by atoms with Gasteiger partial charge in [-0.05, 0) is 68.5 Å². The van der Waals surface area contributed by atoms with E-state index in [2.05, 4.69) is 5.32 Å². The fraction of sp³-hybridized carbons (Fsp3) is 0.333. The van der Waals surface area contributed by atoms with Crippen LogP contribution in [0.15, 0.2) is 88.7 Å². The lowest BCUT2D eigenvalue weighted by Gasteiger charge is -2.32. The van der Waals surface area contributed by atoms with Gasteiger partial charge in [0.25, 0.3) is 10.0 Å². The molecule has 39 heavy (non-hydrogen) atoms. The van der Waals surface area contributed by atoms with E-state index in [4.69, 9.17) is 0 Å². The number of anilines is 1. The minimum atomic E-state index is -4.08. The van der Waals surface area contributed by atoms with E-state index in [-0.39, 0.29) is 17.3 Å². The van der Waals surface area contributed by atoms with Crippen molar-refractivity contribution in [2.75, 3.05) is 23.7 Å². The number of sulfonamides is 1. The van der Waals surface area contributed by atoms with Crippen LogP contribution in [-0.2, 0) is 26.2 Å². The Balaban J connectivity index is 1.98. The van der Waals surface area contributed by atoms with Crippen LogP contribution in [0.3, 0.4) is 0 Å². The molecule has 0 spiro atoms. The maximum Gasteiger partial charge on any atom is 0.264 e. The van der Waals surface area contributed by atoms with Gasteiger partial charge in [0.05, 0.1) is 10.6 Å². The maximum absolute atomic E-state index is 13.9. The number of benzene rings is 3. The number of hydrogen-bond donors (Lipinski definition) is 1. The number of hydrogen-bond acceptors (Lipinski definition) is 5. The summed E-state index contributed by atoms with van der Waals surface area (Å²) in [6, 6.07) is 22.2. The zero-order valence-corrected chi connectivity index (χ0v) is 24.6. The molecule has 1 unspecified atom stereocenters. The van der Waals surface area contributed by atoms with Crippen LogP contribution in [-0.4, -0.2) is 50.5 Å². The second-order valence-corrected chi connectivity index (χ2v) is 12.1. The average molecular weight is 568 g/mol. The smallest absolute Gasteiger partial charge is 0.264 e. The van der Waals surface area contributed by atoms with Crippen molar-refractivity contribution in [1.29, 1.82) is 0 Å². The van der Waals surface area contributed by atoms with Crippen LogP contribution in [0.1, 0.15) is 37.8 Å². The summed E-state index contributed by atoms with van der Waals surface area (Å²) in [4.78, 5) is 29.4. The Bertz CT molecular complexity index is 1330. The highest BCUT2D eigenvalue weighted by Crippen LogP contribution is 2.26. The molecule has 0 radical (unpaired) electrons. The normalized spacial score (nSPS) is 12.0. The number of carbonyl (C=O) groups excluding carboxylic acids is 2. The monoisotopic (exact) mass is 567 g/mol. The molecule has 0 saturated heterocycles. The minimum absolute atomic E-state index is 0.0913. The van der Waals surface area contributed by atoms with Gasteiger partial charge in [0.1, 0.15) is 12.6 Å². The van der Waals surface area contributed by atoms with Crippen molar-refractivity contribution in [3.8, 4) is 0 Å². The molecule has 2 amide bonds. The third kappa shape index (κ3) is 8.10. The summed E-state index contributed by atoms with van der Waals surface area (Å²) in [6.07, 6.45) is 3.68. The molecular weight excluding hydrogens is 530 g/mol. The van der Waals surface area contributed by atoms with Gasteiger partial charge in [0, 0.05) is 18.0 Å². The van der Waals surface area contributed by atoms with E-state index in [1.807, 2.05) is 62.6 Å². The van der Waals surface area contributed by atoms with Crippen LogP contribution in [0, 0.1) is 6.92 Å². The Hall–Kier alpha value is -3.30. The maximum atomic E-state index is 13.9. The van der Waals surface area contributed by atoms with Crippen LogP contribution in [0.4, 0.5) is 5.69 Å². The number of rotatable bonds is 13. The summed E-state index contributed by atoms with van der Waals surface area (Å²) in [5.74, 6) is -0.744. The van der Waals surface area contributed by atoms with E-state index in [1.165, 1.54) is 16.7 Å². The Morgan fingerprint density at radius 1 is 0.949 bits per heavy atom. The molecule has 1 N–H and O–H groups in total. The summed E-state index contributed by atoms with van der Waals surface area (Å²) in [5, 5.41) is 2.90. The topological polar surface area (TPSA) is 86.8 Å². The third-order valence-corrected chi connectivity index (χ3v) is 8.97. The van der Waals surface area contributed by atoms with Gasteiger partial charge in [-0.25, -0.2) is 8.42 Å². The van der Waals surface area contributed by atoms with Crippen LogP contribution < -0.4 is 9.62 Å². The van der Waals surface area contributed by atoms with Gasteiger partial charge in [-0.1, -0.05) is 61.4 Å². The lowest BCUT2D eigenvalue weighted by molar-refractivity contribution is -0.139. The number of carbonyl (C=O) groups is 2. The predicted molar refractivity (Wildman–Crippen MR) is 158 cm³/mol. The largest absolute Gasteiger partial charge is 0.354 e. The summed E-state index contributed by atoms with van der Waals surface area (Å²) in [7, 11) is -4.08. The molecule has 0 aliphatic heterocycles. The number of thioether (sulfide) groups is 1. The van der Waals surface area contributed by atoms with E-state index in [0.717, 1.165) is 33.2 Å². The minimum Gasteiger partial charge on any atom is -0.354 e. The molecule has 0 fully saturated rings. The average Bonchev–Trinajstić information content (AvgIpc) is 2.95. The van der Waals surface area contributed by atoms with Crippen molar-refractivity contribution < 1.29 is 18.0 Å². The van der Waals surface area contributed by atoms with Gasteiger partial charge < -0.3 is 10.2 Å². The lowest BCUT2D eigenvalue weighted by Crippen LogP contribution is -2.51. The van der Waals surface area contributed by atoms with E-state index in [0.29, 0.717) is 12.2 Å². The second kappa shape index (κ2) is 14.2. The van der Waals surface area contributed by atoms with Crippen molar-refractivity contribution in [2.45, 2.75) is 56.0 Å². The molecule has 0 aliphatic rings. The number of amides is 2. The van der Waals surface area contributed by atoms with Crippen molar-refractivity contribution in [2.24, 2.45) is 0 Å². The van der Waals surface area contributed by atoms with Gasteiger partial charge in [-0.15, -0.1) is 11.8 Å². The number of unbranched alkanes of at least 4 members (excludes halogenated alkanes) is 1. The molecule has 208 valence electrons. The molecule has 3 aromatic carbocycles. The van der Waals surface area contributed by atoms with E-state index in [9.17, 15) is 18.0 Å². The highest BCUT2D eigenvalue weighted by atomic mass is 32.2. The molecule has 1 atom stereocenters. The number of nitrogens with zero attached hydrogens (tertiary/aromatic N) is 2. The molecule has 3 rings (SSSR count). The molecule has 7 nitrogen and oxygen atoms in total. The summed E-state index contributed by atoms with van der Waals surface area (Å²) < 4.78 is 28.9. The summed E-state index contributed by atoms with van der Waals surface area (Å²) in [6.45, 7) is 5.86. The highest BCUT2D eigenvalue weighted by molar-refractivity contribution is 7.98. The van der Waals surface area contributed by atoms with Crippen LogP contribution >= 0.6 is 11.8 Å². The van der Waals surface area contributed by atoms with Gasteiger partial charge >= 0.3 is 0 Å². The van der Waals surface area contributed by atoms with Crippen LogP contribution in [0.25, 0.3) is 0 Å². The van der Waals surface area contributed by atoms with Crippen molar-refractivity contribution >= 4 is 39.3 Å². The fourth-order valence-corrected chi connectivity index (χ4v) is 5.84. The Morgan fingerprint density at radius 3 is 2.18 bits per heavy atom. The molecule has 0 aromatic heterocycles. The van der Waals surface area contributed by atoms with Crippen molar-refractivity contribution in [1.82, 2.24) is 10.2 Å². The first kappa shape index (κ1) is 30.2. The Morgan fingerprint density at radius 2 is 1.59 bits per heavy atom. The summed E-state index contributed by atoms with van der Waals surface area (Å²) >= 11 is 1.52. The molecular formula is C30H37N3O4S2. The van der Waals surface area contributed by atoms with Crippen LogP contribution in [0.2, 0.25) is 0 Å². The number of nitrogens with one attached hydrogen (secondary N) is 1. The fourth-order valence-electron chi connectivity index (χ4n) is 4.01. The van der Waals surface area contributed by atoms with E-state index < -0.39 is 28.5 Å². The molecule has 3 aromatic rings. The molecule has 0 bridgehead atoms. The molecule has 9 heteroatoms. The van der Waals surface area contributed by atoms with Crippen molar-refractivity contribution in [3.05, 3.63) is 90.0 Å². The Labute approximate surface area is 236 Å². The summed E-state index contributed by atoms with van der Waals surface area (Å²) in [5.41, 5.74) is 2.19. The van der Waals surface area contributed by atoms with E-state index >= 15 is 0 Å². The standard InChI is InChI=1S/C30H37N3O4S2/c1-5-6-20-31-30(35)24(3)32(21-25-10-8-7-9-11-25)29(34)22-33(26-14-12-23(2)13-15-26)39(36,37)28-18-16-27(38-4)17-19-28/h7-19,24H,5-6,20-22H2,1-4H3,(H,31,35). The van der Waals surface area contributed by atoms with Gasteiger partial charge in [-0.3, -0.25) is 13.9 Å². The first-order valence-corrected chi connectivity index (χ1v) is 15.7. The van der Waals surface area contributed by atoms with Gasteiger partial charge in [-0.2, -0.15) is 0 Å². The van der Waals surface area contributed by atoms with Gasteiger partial charge in [0.15, 0.2) is 0 Å². The first-order chi connectivity index (χ1) is 18.7. The lowest BCUT2D eigenvalue weighted by atomic mass is 10.1.